The largest absolute Gasteiger partial charge is 0.486 e. The van der Waals surface area contributed by atoms with Crippen molar-refractivity contribution in [2.45, 2.75) is 0 Å². The minimum absolute atomic E-state index is 0.442. The molecule has 3 aromatic rings. The molecule has 0 amide bonds. The molecular weight excluding hydrogens is 262 g/mol. The van der Waals surface area contributed by atoms with E-state index in [4.69, 9.17) is 9.47 Å². The quantitative estimate of drug-likeness (QED) is 0.639. The van der Waals surface area contributed by atoms with Gasteiger partial charge in [0, 0.05) is 11.6 Å². The van der Waals surface area contributed by atoms with Crippen LogP contribution in [-0.4, -0.2) is 11.6 Å². The molecule has 21 heavy (non-hydrogen) atoms. The van der Waals surface area contributed by atoms with Gasteiger partial charge in [-0.05, 0) is 30.3 Å². The highest BCUT2D eigenvalue weighted by atomic mass is 16.5. The summed E-state index contributed by atoms with van der Waals surface area (Å²) in [6, 6.07) is 17.3. The first-order valence-corrected chi connectivity index (χ1v) is 6.73. The lowest BCUT2D eigenvalue weighted by Crippen LogP contribution is -1.96. The average Bonchev–Trinajstić information content (AvgIpc) is 2.54. The number of hydrogen-bond donors (Lipinski definition) is 0. The molecular formula is C18H15NO2. The molecule has 0 fully saturated rings. The van der Waals surface area contributed by atoms with Gasteiger partial charge < -0.3 is 9.47 Å². The summed E-state index contributed by atoms with van der Waals surface area (Å²) in [6.45, 7) is 4.10. The van der Waals surface area contributed by atoms with E-state index >= 15 is 0 Å². The van der Waals surface area contributed by atoms with Crippen LogP contribution in [-0.2, 0) is 0 Å². The van der Waals surface area contributed by atoms with Crippen LogP contribution < -0.4 is 9.47 Å². The normalized spacial score (nSPS) is 10.3. The van der Waals surface area contributed by atoms with Crippen molar-refractivity contribution in [3.8, 4) is 17.2 Å². The molecule has 0 bridgehead atoms. The number of pyridine rings is 1. The standard InChI is InChI=1S/C18H15NO2/c1-2-13-20-17-9-5-6-10-18(17)21-16-11-12-19-15-8-4-3-7-14(15)16/h2-12H,1,13H2. The lowest BCUT2D eigenvalue weighted by molar-refractivity contribution is 0.341. The summed E-state index contributed by atoms with van der Waals surface area (Å²) < 4.78 is 11.6. The summed E-state index contributed by atoms with van der Waals surface area (Å²) >= 11 is 0. The van der Waals surface area contributed by atoms with E-state index in [-0.39, 0.29) is 0 Å². The molecule has 0 radical (unpaired) electrons. The fraction of sp³-hybridized carbons (Fsp3) is 0.0556. The highest BCUT2D eigenvalue weighted by molar-refractivity contribution is 5.85. The van der Waals surface area contributed by atoms with E-state index in [1.54, 1.807) is 12.3 Å². The van der Waals surface area contributed by atoms with Crippen molar-refractivity contribution < 1.29 is 9.47 Å². The van der Waals surface area contributed by atoms with Gasteiger partial charge in [0.05, 0.1) is 5.52 Å². The number of aromatic nitrogens is 1. The van der Waals surface area contributed by atoms with Gasteiger partial charge in [0.15, 0.2) is 11.5 Å². The Bertz CT molecular complexity index is 763. The summed E-state index contributed by atoms with van der Waals surface area (Å²) in [5.41, 5.74) is 0.902. The molecule has 2 aromatic carbocycles. The van der Waals surface area contributed by atoms with Crippen molar-refractivity contribution >= 4 is 10.9 Å². The van der Waals surface area contributed by atoms with E-state index in [1.807, 2.05) is 54.6 Å². The fourth-order valence-electron chi connectivity index (χ4n) is 2.08. The molecule has 0 atom stereocenters. The third-order valence-corrected chi connectivity index (χ3v) is 3.03. The number of nitrogens with zero attached hydrogens (tertiary/aromatic N) is 1. The van der Waals surface area contributed by atoms with Gasteiger partial charge >= 0.3 is 0 Å². The van der Waals surface area contributed by atoms with E-state index in [0.29, 0.717) is 18.1 Å². The number of para-hydroxylation sites is 3. The van der Waals surface area contributed by atoms with Crippen LogP contribution in [0.3, 0.4) is 0 Å². The molecule has 0 aliphatic carbocycles. The van der Waals surface area contributed by atoms with Gasteiger partial charge in [-0.2, -0.15) is 0 Å². The Morgan fingerprint density at radius 3 is 2.52 bits per heavy atom. The van der Waals surface area contributed by atoms with Crippen LogP contribution in [0.1, 0.15) is 0 Å². The molecule has 0 aliphatic rings. The summed E-state index contributed by atoms with van der Waals surface area (Å²) in [5.74, 6) is 2.13. The van der Waals surface area contributed by atoms with Crippen LogP contribution in [0.2, 0.25) is 0 Å². The molecule has 0 N–H and O–H groups in total. The molecule has 3 rings (SSSR count). The van der Waals surface area contributed by atoms with Gasteiger partial charge in [-0.3, -0.25) is 4.98 Å². The predicted octanol–water partition coefficient (Wildman–Crippen LogP) is 4.59. The molecule has 0 unspecified atom stereocenters. The zero-order valence-electron chi connectivity index (χ0n) is 11.5. The highest BCUT2D eigenvalue weighted by Gasteiger charge is 2.08. The van der Waals surface area contributed by atoms with Crippen molar-refractivity contribution in [1.82, 2.24) is 4.98 Å². The maximum atomic E-state index is 6.02. The first-order valence-electron chi connectivity index (χ1n) is 6.73. The minimum Gasteiger partial charge on any atom is -0.486 e. The van der Waals surface area contributed by atoms with E-state index in [9.17, 15) is 0 Å². The summed E-state index contributed by atoms with van der Waals surface area (Å²) in [5, 5.41) is 0.971. The van der Waals surface area contributed by atoms with Gasteiger partial charge in [0.2, 0.25) is 0 Å². The molecule has 1 heterocycles. The average molecular weight is 277 g/mol. The Kier molecular flexibility index (Phi) is 3.83. The number of ether oxygens (including phenoxy) is 2. The maximum Gasteiger partial charge on any atom is 0.169 e. The van der Waals surface area contributed by atoms with Gasteiger partial charge in [0.25, 0.3) is 0 Å². The number of rotatable bonds is 5. The second kappa shape index (κ2) is 6.09. The van der Waals surface area contributed by atoms with Crippen molar-refractivity contribution in [3.63, 3.8) is 0 Å². The first kappa shape index (κ1) is 13.2. The van der Waals surface area contributed by atoms with Crippen molar-refractivity contribution in [2.75, 3.05) is 6.61 Å². The van der Waals surface area contributed by atoms with Gasteiger partial charge in [-0.1, -0.05) is 36.9 Å². The molecule has 104 valence electrons. The van der Waals surface area contributed by atoms with E-state index in [2.05, 4.69) is 11.6 Å². The Labute approximate surface area is 123 Å². The number of hydrogen-bond acceptors (Lipinski definition) is 3. The number of fused-ring (bicyclic) bond motifs is 1. The molecule has 0 saturated carbocycles. The molecule has 0 aliphatic heterocycles. The second-order valence-electron chi connectivity index (χ2n) is 4.47. The SMILES string of the molecule is C=CCOc1ccccc1Oc1ccnc2ccccc12. The molecule has 0 saturated heterocycles. The summed E-state index contributed by atoms with van der Waals surface area (Å²) in [4.78, 5) is 4.33. The Balaban J connectivity index is 1.97. The monoisotopic (exact) mass is 277 g/mol. The zero-order chi connectivity index (χ0) is 14.5. The highest BCUT2D eigenvalue weighted by Crippen LogP contribution is 2.34. The first-order chi connectivity index (χ1) is 10.4. The van der Waals surface area contributed by atoms with E-state index < -0.39 is 0 Å². The Hall–Kier alpha value is -2.81. The van der Waals surface area contributed by atoms with Gasteiger partial charge in [-0.15, -0.1) is 0 Å². The Morgan fingerprint density at radius 2 is 1.67 bits per heavy atom. The summed E-state index contributed by atoms with van der Waals surface area (Å²) in [6.07, 6.45) is 3.45. The number of benzene rings is 2. The van der Waals surface area contributed by atoms with Gasteiger partial charge in [-0.25, -0.2) is 0 Å². The van der Waals surface area contributed by atoms with Gasteiger partial charge in [0.1, 0.15) is 12.4 Å². The molecule has 0 spiro atoms. The van der Waals surface area contributed by atoms with Crippen molar-refractivity contribution in [3.05, 3.63) is 73.4 Å². The predicted molar refractivity (Wildman–Crippen MR) is 84.0 cm³/mol. The third-order valence-electron chi connectivity index (χ3n) is 3.03. The van der Waals surface area contributed by atoms with Crippen LogP contribution in [0, 0.1) is 0 Å². The maximum absolute atomic E-state index is 6.02. The molecule has 3 nitrogen and oxygen atoms in total. The summed E-state index contributed by atoms with van der Waals surface area (Å²) in [7, 11) is 0. The molecule has 1 aromatic heterocycles. The van der Waals surface area contributed by atoms with Crippen LogP contribution in [0.25, 0.3) is 10.9 Å². The van der Waals surface area contributed by atoms with Crippen LogP contribution >= 0.6 is 0 Å². The van der Waals surface area contributed by atoms with Crippen LogP contribution in [0.15, 0.2) is 73.4 Å². The topological polar surface area (TPSA) is 31.4 Å². The minimum atomic E-state index is 0.442. The van der Waals surface area contributed by atoms with E-state index in [0.717, 1.165) is 16.7 Å². The smallest absolute Gasteiger partial charge is 0.169 e. The Morgan fingerprint density at radius 1 is 0.905 bits per heavy atom. The lowest BCUT2D eigenvalue weighted by atomic mass is 10.2. The second-order valence-corrected chi connectivity index (χ2v) is 4.47. The van der Waals surface area contributed by atoms with Crippen LogP contribution in [0.5, 0.6) is 17.2 Å². The van der Waals surface area contributed by atoms with E-state index in [1.165, 1.54) is 0 Å². The third kappa shape index (κ3) is 2.87. The fourth-order valence-corrected chi connectivity index (χ4v) is 2.08. The van der Waals surface area contributed by atoms with Crippen LogP contribution in [0.4, 0.5) is 0 Å². The zero-order valence-corrected chi connectivity index (χ0v) is 11.5. The molecule has 3 heteroatoms. The lowest BCUT2D eigenvalue weighted by Gasteiger charge is -2.12. The van der Waals surface area contributed by atoms with Crippen molar-refractivity contribution in [2.24, 2.45) is 0 Å². The van der Waals surface area contributed by atoms with Crippen molar-refractivity contribution in [1.29, 1.82) is 0 Å².